The maximum Gasteiger partial charge on any atom is 0.227 e. The zero-order valence-corrected chi connectivity index (χ0v) is 14.4. The summed E-state index contributed by atoms with van der Waals surface area (Å²) in [4.78, 5) is 16.5. The maximum absolute atomic E-state index is 13.9. The van der Waals surface area contributed by atoms with E-state index in [2.05, 4.69) is 10.3 Å². The molecule has 2 aromatic rings. The molecule has 3 nitrogen and oxygen atoms in total. The molecule has 1 aromatic carbocycles. The van der Waals surface area contributed by atoms with Gasteiger partial charge in [0.1, 0.15) is 17.5 Å². The van der Waals surface area contributed by atoms with Crippen molar-refractivity contribution in [2.24, 2.45) is 0 Å². The Morgan fingerprint density at radius 2 is 1.96 bits per heavy atom. The van der Waals surface area contributed by atoms with Crippen LogP contribution >= 0.6 is 23.1 Å². The number of nitrogens with one attached hydrogen (secondary N) is 1. The Kier molecular flexibility index (Phi) is 5.69. The number of nitrogens with zero attached hydrogens (tertiary/aromatic N) is 1. The number of hydrogen-bond donors (Lipinski definition) is 1. The number of aromatic nitrogens is 1. The zero-order valence-electron chi connectivity index (χ0n) is 12.7. The van der Waals surface area contributed by atoms with Crippen molar-refractivity contribution in [1.82, 2.24) is 4.98 Å². The Balaban J connectivity index is 2.27. The first kappa shape index (κ1) is 17.8. The molecular formula is C15H15F3N2OS2. The van der Waals surface area contributed by atoms with Crippen molar-refractivity contribution in [2.75, 3.05) is 11.6 Å². The van der Waals surface area contributed by atoms with Crippen LogP contribution in [0.25, 0.3) is 11.3 Å². The van der Waals surface area contributed by atoms with Gasteiger partial charge >= 0.3 is 0 Å². The Bertz CT molecular complexity index is 711. The number of carbonyl (C=O) groups excluding carboxylic acids is 1. The zero-order chi connectivity index (χ0) is 17.1. The van der Waals surface area contributed by atoms with E-state index in [0.29, 0.717) is 23.4 Å². The molecule has 8 heteroatoms. The monoisotopic (exact) mass is 360 g/mol. The first-order chi connectivity index (χ1) is 10.8. The standard InChI is InChI=1S/C15H15F3N2OS2/c1-7(22-3)4-12(21)19-15-20-14(8(2)23-15)13-10(17)5-9(16)6-11(13)18/h5-7H,4H2,1-3H3,(H,19,20,21). The Labute approximate surface area is 140 Å². The number of halogens is 3. The maximum atomic E-state index is 13.9. The second-order valence-electron chi connectivity index (χ2n) is 4.97. The number of rotatable bonds is 5. The van der Waals surface area contributed by atoms with E-state index in [-0.39, 0.29) is 22.0 Å². The molecule has 1 atom stereocenters. The fourth-order valence-electron chi connectivity index (χ4n) is 1.96. The smallest absolute Gasteiger partial charge is 0.227 e. The lowest BCUT2D eigenvalue weighted by Crippen LogP contribution is -2.15. The molecule has 1 N–H and O–H groups in total. The molecular weight excluding hydrogens is 345 g/mol. The quantitative estimate of drug-likeness (QED) is 0.846. The van der Waals surface area contributed by atoms with Gasteiger partial charge in [-0.1, -0.05) is 6.92 Å². The summed E-state index contributed by atoms with van der Waals surface area (Å²) in [5, 5.41) is 3.04. The lowest BCUT2D eigenvalue weighted by molar-refractivity contribution is -0.116. The highest BCUT2D eigenvalue weighted by Crippen LogP contribution is 2.34. The average Bonchev–Trinajstić information content (AvgIpc) is 2.77. The highest BCUT2D eigenvalue weighted by molar-refractivity contribution is 7.99. The topological polar surface area (TPSA) is 42.0 Å². The summed E-state index contributed by atoms with van der Waals surface area (Å²) in [6.07, 6.45) is 2.22. The fraction of sp³-hybridized carbons (Fsp3) is 0.333. The van der Waals surface area contributed by atoms with E-state index in [1.807, 2.05) is 13.2 Å². The predicted octanol–water partition coefficient (Wildman–Crippen LogP) is 4.62. The van der Waals surface area contributed by atoms with Crippen LogP contribution in [0.4, 0.5) is 18.3 Å². The normalized spacial score (nSPS) is 12.3. The van der Waals surface area contributed by atoms with Gasteiger partial charge in [-0.15, -0.1) is 11.3 Å². The van der Waals surface area contributed by atoms with Crippen molar-refractivity contribution in [3.63, 3.8) is 0 Å². The minimum absolute atomic E-state index is 0.0678. The van der Waals surface area contributed by atoms with Crippen molar-refractivity contribution in [3.8, 4) is 11.3 Å². The lowest BCUT2D eigenvalue weighted by Gasteiger charge is -2.06. The molecule has 0 bridgehead atoms. The van der Waals surface area contributed by atoms with Crippen LogP contribution in [-0.2, 0) is 4.79 Å². The van der Waals surface area contributed by atoms with Crippen LogP contribution in [0.1, 0.15) is 18.2 Å². The first-order valence-corrected chi connectivity index (χ1v) is 8.87. The molecule has 0 aliphatic rings. The van der Waals surface area contributed by atoms with Gasteiger partial charge in [0, 0.05) is 28.7 Å². The lowest BCUT2D eigenvalue weighted by atomic mass is 10.1. The van der Waals surface area contributed by atoms with Gasteiger partial charge in [-0.25, -0.2) is 18.2 Å². The van der Waals surface area contributed by atoms with Crippen LogP contribution in [-0.4, -0.2) is 22.4 Å². The third-order valence-electron chi connectivity index (χ3n) is 3.16. The number of thioether (sulfide) groups is 1. The van der Waals surface area contributed by atoms with E-state index in [1.165, 1.54) is 0 Å². The third-order valence-corrected chi connectivity index (χ3v) is 5.02. The molecule has 2 rings (SSSR count). The second-order valence-corrected chi connectivity index (χ2v) is 7.45. The molecule has 0 saturated heterocycles. The SMILES string of the molecule is CSC(C)CC(=O)Nc1nc(-c2c(F)cc(F)cc2F)c(C)s1. The number of anilines is 1. The highest BCUT2D eigenvalue weighted by atomic mass is 32.2. The Morgan fingerprint density at radius 1 is 1.35 bits per heavy atom. The van der Waals surface area contributed by atoms with Crippen LogP contribution in [0.5, 0.6) is 0 Å². The molecule has 1 heterocycles. The predicted molar refractivity (Wildman–Crippen MR) is 88.4 cm³/mol. The number of carbonyl (C=O) groups is 1. The van der Waals surface area contributed by atoms with Crippen LogP contribution in [0.15, 0.2) is 12.1 Å². The molecule has 0 spiro atoms. The van der Waals surface area contributed by atoms with Crippen LogP contribution < -0.4 is 5.32 Å². The van der Waals surface area contributed by atoms with E-state index in [0.717, 1.165) is 11.3 Å². The van der Waals surface area contributed by atoms with Gasteiger partial charge in [0.15, 0.2) is 5.13 Å². The Morgan fingerprint density at radius 3 is 2.52 bits per heavy atom. The highest BCUT2D eigenvalue weighted by Gasteiger charge is 2.20. The van der Waals surface area contributed by atoms with Crippen molar-refractivity contribution in [3.05, 3.63) is 34.5 Å². The summed E-state index contributed by atoms with van der Waals surface area (Å²) in [6.45, 7) is 3.56. The van der Waals surface area contributed by atoms with E-state index in [4.69, 9.17) is 0 Å². The van der Waals surface area contributed by atoms with Gasteiger partial charge in [0.05, 0.1) is 11.3 Å². The molecule has 1 unspecified atom stereocenters. The van der Waals surface area contributed by atoms with Gasteiger partial charge in [-0.05, 0) is 13.2 Å². The summed E-state index contributed by atoms with van der Waals surface area (Å²) in [5.74, 6) is -3.25. The largest absolute Gasteiger partial charge is 0.302 e. The molecule has 0 saturated carbocycles. The summed E-state index contributed by atoms with van der Waals surface area (Å²) in [7, 11) is 0. The van der Waals surface area contributed by atoms with Gasteiger partial charge in [-0.2, -0.15) is 11.8 Å². The van der Waals surface area contributed by atoms with Crippen molar-refractivity contribution in [2.45, 2.75) is 25.5 Å². The summed E-state index contributed by atoms with van der Waals surface area (Å²) >= 11 is 2.68. The number of amides is 1. The molecule has 124 valence electrons. The van der Waals surface area contributed by atoms with Crippen LogP contribution in [0.2, 0.25) is 0 Å². The fourth-order valence-corrected chi connectivity index (χ4v) is 3.12. The number of hydrogen-bond acceptors (Lipinski definition) is 4. The molecule has 0 fully saturated rings. The van der Waals surface area contributed by atoms with Crippen molar-refractivity contribution >= 4 is 34.1 Å². The summed E-state index contributed by atoms with van der Waals surface area (Å²) < 4.78 is 40.7. The van der Waals surface area contributed by atoms with Crippen molar-refractivity contribution in [1.29, 1.82) is 0 Å². The van der Waals surface area contributed by atoms with Crippen LogP contribution in [0.3, 0.4) is 0 Å². The van der Waals surface area contributed by atoms with E-state index in [9.17, 15) is 18.0 Å². The number of aryl methyl sites for hydroxylation is 1. The van der Waals surface area contributed by atoms with Gasteiger partial charge in [0.25, 0.3) is 0 Å². The molecule has 0 radical (unpaired) electrons. The van der Waals surface area contributed by atoms with Crippen molar-refractivity contribution < 1.29 is 18.0 Å². The van der Waals surface area contributed by atoms with Gasteiger partial charge in [-0.3, -0.25) is 4.79 Å². The summed E-state index contributed by atoms with van der Waals surface area (Å²) in [6, 6.07) is 1.21. The average molecular weight is 360 g/mol. The molecule has 23 heavy (non-hydrogen) atoms. The van der Waals surface area contributed by atoms with E-state index >= 15 is 0 Å². The molecule has 0 aliphatic carbocycles. The first-order valence-electron chi connectivity index (χ1n) is 6.76. The second kappa shape index (κ2) is 7.35. The number of benzene rings is 1. The minimum atomic E-state index is -1.02. The number of thiazole rings is 1. The summed E-state index contributed by atoms with van der Waals surface area (Å²) in [5.41, 5.74) is -0.323. The Hall–Kier alpha value is -1.54. The molecule has 1 amide bonds. The molecule has 0 aliphatic heterocycles. The van der Waals surface area contributed by atoms with Gasteiger partial charge < -0.3 is 5.32 Å². The minimum Gasteiger partial charge on any atom is -0.302 e. The van der Waals surface area contributed by atoms with Gasteiger partial charge in [0.2, 0.25) is 5.91 Å². The molecule has 1 aromatic heterocycles. The van der Waals surface area contributed by atoms with E-state index in [1.54, 1.807) is 18.7 Å². The van der Waals surface area contributed by atoms with Crippen LogP contribution in [0, 0.1) is 24.4 Å². The van der Waals surface area contributed by atoms with E-state index < -0.39 is 23.0 Å². The third kappa shape index (κ3) is 4.26.